The van der Waals surface area contributed by atoms with E-state index in [0.717, 1.165) is 17.1 Å². The van der Waals surface area contributed by atoms with Gasteiger partial charge >= 0.3 is 0 Å². The molecule has 144 valence electrons. The van der Waals surface area contributed by atoms with Gasteiger partial charge in [-0.3, -0.25) is 9.59 Å². The molecular formula is C21H27N3O3. The summed E-state index contributed by atoms with van der Waals surface area (Å²) in [7, 11) is 0. The Morgan fingerprint density at radius 3 is 2.44 bits per heavy atom. The lowest BCUT2D eigenvalue weighted by Crippen LogP contribution is -2.50. The lowest BCUT2D eigenvalue weighted by Gasteiger charge is -2.31. The van der Waals surface area contributed by atoms with Crippen molar-refractivity contribution in [1.29, 1.82) is 0 Å². The Kier molecular flexibility index (Phi) is 5.37. The molecule has 0 bridgehead atoms. The van der Waals surface area contributed by atoms with Crippen molar-refractivity contribution in [2.75, 3.05) is 19.7 Å². The van der Waals surface area contributed by atoms with Gasteiger partial charge in [0.2, 0.25) is 5.91 Å². The molecule has 1 fully saturated rings. The number of rotatable bonds is 4. The summed E-state index contributed by atoms with van der Waals surface area (Å²) in [6.45, 7) is 9.23. The monoisotopic (exact) mass is 369 g/mol. The van der Waals surface area contributed by atoms with Crippen LogP contribution in [0.15, 0.2) is 30.3 Å². The summed E-state index contributed by atoms with van der Waals surface area (Å²) >= 11 is 0. The second-order valence-corrected chi connectivity index (χ2v) is 7.38. The highest BCUT2D eigenvalue weighted by molar-refractivity contribution is 5.96. The van der Waals surface area contributed by atoms with E-state index in [1.54, 1.807) is 4.90 Å². The molecule has 1 unspecified atom stereocenters. The van der Waals surface area contributed by atoms with E-state index in [1.165, 1.54) is 5.56 Å². The van der Waals surface area contributed by atoms with Crippen LogP contribution >= 0.6 is 0 Å². The van der Waals surface area contributed by atoms with Crippen LogP contribution < -0.4 is 5.73 Å². The van der Waals surface area contributed by atoms with Crippen LogP contribution in [0.4, 0.5) is 0 Å². The van der Waals surface area contributed by atoms with Gasteiger partial charge < -0.3 is 19.9 Å². The van der Waals surface area contributed by atoms with Crippen molar-refractivity contribution in [2.24, 2.45) is 5.73 Å². The van der Waals surface area contributed by atoms with Gasteiger partial charge in [0, 0.05) is 23.6 Å². The topological polar surface area (TPSA) is 77.6 Å². The lowest BCUT2D eigenvalue weighted by atomic mass is 10.0. The fourth-order valence-electron chi connectivity index (χ4n) is 3.56. The van der Waals surface area contributed by atoms with Gasteiger partial charge in [0.05, 0.1) is 18.7 Å². The van der Waals surface area contributed by atoms with Crippen LogP contribution in [0.25, 0.3) is 5.69 Å². The van der Waals surface area contributed by atoms with Gasteiger partial charge in [0.25, 0.3) is 5.91 Å². The second-order valence-electron chi connectivity index (χ2n) is 7.38. The molecule has 0 spiro atoms. The zero-order valence-corrected chi connectivity index (χ0v) is 16.4. The van der Waals surface area contributed by atoms with Crippen molar-refractivity contribution in [3.8, 4) is 5.69 Å². The third-order valence-electron chi connectivity index (χ3n) is 5.15. The highest BCUT2D eigenvalue weighted by Gasteiger charge is 2.30. The molecule has 2 aromatic rings. The fourth-order valence-corrected chi connectivity index (χ4v) is 3.56. The summed E-state index contributed by atoms with van der Waals surface area (Å²) in [5.74, 6) is -0.159. The molecule has 1 aromatic heterocycles. The highest BCUT2D eigenvalue weighted by Crippen LogP contribution is 2.24. The first-order chi connectivity index (χ1) is 12.8. The van der Waals surface area contributed by atoms with E-state index in [9.17, 15) is 9.59 Å². The van der Waals surface area contributed by atoms with Crippen molar-refractivity contribution in [3.63, 3.8) is 0 Å². The van der Waals surface area contributed by atoms with E-state index in [4.69, 9.17) is 10.5 Å². The van der Waals surface area contributed by atoms with Crippen molar-refractivity contribution >= 4 is 11.8 Å². The van der Waals surface area contributed by atoms with Crippen molar-refractivity contribution in [3.05, 3.63) is 52.8 Å². The number of carbonyl (C=O) groups is 2. The summed E-state index contributed by atoms with van der Waals surface area (Å²) in [5.41, 5.74) is 10.2. The molecule has 6 nitrogen and oxygen atoms in total. The van der Waals surface area contributed by atoms with E-state index >= 15 is 0 Å². The number of nitrogens with two attached hydrogens (primary N) is 1. The van der Waals surface area contributed by atoms with Crippen LogP contribution in [0.1, 0.15) is 47.1 Å². The van der Waals surface area contributed by atoms with Gasteiger partial charge in [-0.05, 0) is 43.5 Å². The Morgan fingerprint density at radius 2 is 1.85 bits per heavy atom. The number of carbonyl (C=O) groups excluding carboxylic acids is 2. The number of amides is 2. The first-order valence-electron chi connectivity index (χ1n) is 9.29. The Hall–Kier alpha value is -2.60. The molecule has 0 radical (unpaired) electrons. The first kappa shape index (κ1) is 19.2. The van der Waals surface area contributed by atoms with Crippen molar-refractivity contribution in [2.45, 2.75) is 39.7 Å². The summed E-state index contributed by atoms with van der Waals surface area (Å²) in [4.78, 5) is 26.1. The van der Waals surface area contributed by atoms with Gasteiger partial charge in [-0.15, -0.1) is 0 Å². The quantitative estimate of drug-likeness (QED) is 0.900. The van der Waals surface area contributed by atoms with E-state index in [2.05, 4.69) is 42.7 Å². The maximum absolute atomic E-state index is 13.0. The maximum Gasteiger partial charge on any atom is 0.255 e. The number of hydrogen-bond acceptors (Lipinski definition) is 3. The summed E-state index contributed by atoms with van der Waals surface area (Å²) in [6.07, 6.45) is -0.741. The number of hydrogen-bond donors (Lipinski definition) is 1. The zero-order valence-electron chi connectivity index (χ0n) is 16.4. The number of morpholine rings is 1. The first-order valence-corrected chi connectivity index (χ1v) is 9.29. The average Bonchev–Trinajstić information content (AvgIpc) is 2.95. The predicted molar refractivity (Wildman–Crippen MR) is 104 cm³/mol. The molecule has 1 aliphatic heterocycles. The van der Waals surface area contributed by atoms with Crippen molar-refractivity contribution < 1.29 is 14.3 Å². The SMILES string of the molecule is Cc1cc(C(=O)N2CCOC(C(N)=O)C2)c(C)n1-c1ccc(C(C)C)cc1. The minimum Gasteiger partial charge on any atom is -0.367 e. The van der Waals surface area contributed by atoms with E-state index in [1.807, 2.05) is 19.9 Å². The number of primary amides is 1. The van der Waals surface area contributed by atoms with Crippen LogP contribution in [-0.2, 0) is 9.53 Å². The molecule has 1 atom stereocenters. The van der Waals surface area contributed by atoms with Crippen LogP contribution in [0.3, 0.4) is 0 Å². The molecule has 0 aliphatic carbocycles. The summed E-state index contributed by atoms with van der Waals surface area (Å²) < 4.78 is 7.43. The van der Waals surface area contributed by atoms with Crippen LogP contribution in [0.5, 0.6) is 0 Å². The molecule has 1 aliphatic rings. The van der Waals surface area contributed by atoms with E-state index in [0.29, 0.717) is 24.6 Å². The Bertz CT molecular complexity index is 852. The average molecular weight is 369 g/mol. The third kappa shape index (κ3) is 3.76. The zero-order chi connectivity index (χ0) is 19.7. The molecule has 2 heterocycles. The largest absolute Gasteiger partial charge is 0.367 e. The molecule has 1 saturated heterocycles. The lowest BCUT2D eigenvalue weighted by molar-refractivity contribution is -0.133. The van der Waals surface area contributed by atoms with Gasteiger partial charge in [0.1, 0.15) is 0 Å². The van der Waals surface area contributed by atoms with Crippen LogP contribution in [-0.4, -0.2) is 47.1 Å². The van der Waals surface area contributed by atoms with Gasteiger partial charge in [-0.25, -0.2) is 0 Å². The summed E-state index contributed by atoms with van der Waals surface area (Å²) in [5, 5.41) is 0. The standard InChI is InChI=1S/C21H27N3O3/c1-13(2)16-5-7-17(8-6-16)24-14(3)11-18(15(24)4)21(26)23-9-10-27-19(12-23)20(22)25/h5-8,11,13,19H,9-10,12H2,1-4H3,(H2,22,25). The number of aromatic nitrogens is 1. The minimum absolute atomic E-state index is 0.0947. The molecule has 0 saturated carbocycles. The Balaban J connectivity index is 1.89. The third-order valence-corrected chi connectivity index (χ3v) is 5.15. The Morgan fingerprint density at radius 1 is 1.19 bits per heavy atom. The summed E-state index contributed by atoms with van der Waals surface area (Å²) in [6, 6.07) is 10.3. The normalized spacial score (nSPS) is 17.4. The van der Waals surface area contributed by atoms with Gasteiger partial charge in [-0.1, -0.05) is 26.0 Å². The molecule has 6 heteroatoms. The number of benzene rings is 1. The Labute approximate surface area is 159 Å². The number of ether oxygens (including phenoxy) is 1. The molecule has 1 aromatic carbocycles. The number of nitrogens with zero attached hydrogens (tertiary/aromatic N) is 2. The minimum atomic E-state index is -0.741. The van der Waals surface area contributed by atoms with Crippen molar-refractivity contribution in [1.82, 2.24) is 9.47 Å². The second kappa shape index (κ2) is 7.56. The molecule has 2 amide bonds. The molecule has 2 N–H and O–H groups in total. The predicted octanol–water partition coefficient (Wildman–Crippen LogP) is 2.54. The smallest absolute Gasteiger partial charge is 0.255 e. The fraction of sp³-hybridized carbons (Fsp3) is 0.429. The van der Waals surface area contributed by atoms with E-state index < -0.39 is 12.0 Å². The molecule has 3 rings (SSSR count). The van der Waals surface area contributed by atoms with Gasteiger partial charge in [0.15, 0.2) is 6.10 Å². The highest BCUT2D eigenvalue weighted by atomic mass is 16.5. The molecular weight excluding hydrogens is 342 g/mol. The van der Waals surface area contributed by atoms with Crippen LogP contribution in [0.2, 0.25) is 0 Å². The van der Waals surface area contributed by atoms with E-state index in [-0.39, 0.29) is 12.5 Å². The van der Waals surface area contributed by atoms with Gasteiger partial charge in [-0.2, -0.15) is 0 Å². The molecule has 27 heavy (non-hydrogen) atoms. The number of aryl methyl sites for hydroxylation is 1. The maximum atomic E-state index is 13.0. The van der Waals surface area contributed by atoms with Crippen LogP contribution in [0, 0.1) is 13.8 Å².